The third kappa shape index (κ3) is 40.2. The molecule has 0 fully saturated rings. The fourth-order valence-electron chi connectivity index (χ4n) is 5.88. The molecule has 0 bridgehead atoms. The third-order valence-electron chi connectivity index (χ3n) is 9.27. The molecule has 0 aromatic rings. The lowest BCUT2D eigenvalue weighted by Crippen LogP contribution is -2.37. The summed E-state index contributed by atoms with van der Waals surface area (Å²) in [6.45, 7) is 5.59. The van der Waals surface area contributed by atoms with E-state index in [1.807, 2.05) is 21.1 Å². The molecule has 0 saturated carbocycles. The average Bonchev–Trinajstić information content (AvgIpc) is 3.09. The Labute approximate surface area is 322 Å². The molecule has 2 unspecified atom stereocenters. The van der Waals surface area contributed by atoms with Crippen molar-refractivity contribution in [3.05, 3.63) is 24.3 Å². The normalized spacial score (nSPS) is 14.0. The van der Waals surface area contributed by atoms with Gasteiger partial charge in [-0.05, 0) is 44.9 Å². The molecule has 0 radical (unpaired) electrons. The molecule has 0 saturated heterocycles. The van der Waals surface area contributed by atoms with Crippen molar-refractivity contribution in [2.75, 3.05) is 54.1 Å². The Morgan fingerprint density at radius 1 is 0.596 bits per heavy atom. The van der Waals surface area contributed by atoms with E-state index in [0.717, 1.165) is 38.5 Å². The summed E-state index contributed by atoms with van der Waals surface area (Å²) in [6, 6.07) is 0. The first-order valence-corrected chi connectivity index (χ1v) is 23.1. The van der Waals surface area contributed by atoms with Crippen molar-refractivity contribution in [2.45, 2.75) is 193 Å². The van der Waals surface area contributed by atoms with Crippen LogP contribution in [-0.2, 0) is 27.9 Å². The largest absolute Gasteiger partial charge is 0.472 e. The van der Waals surface area contributed by atoms with E-state index in [9.17, 15) is 14.3 Å². The Kier molecular flexibility index (Phi) is 36.2. The highest BCUT2D eigenvalue weighted by Gasteiger charge is 2.26. The van der Waals surface area contributed by atoms with Crippen molar-refractivity contribution in [1.82, 2.24) is 0 Å². The molecule has 52 heavy (non-hydrogen) atoms. The molecular formula is C43H85NO7P+. The number of allylic oxidation sites excluding steroid dienone is 4. The second-order valence-corrected chi connectivity index (χ2v) is 17.2. The second-order valence-electron chi connectivity index (χ2n) is 15.7. The minimum Gasteiger partial charge on any atom is -0.457 e. The Hall–Kier alpha value is -1.02. The maximum atomic E-state index is 12.6. The topological polar surface area (TPSA) is 91.3 Å². The summed E-state index contributed by atoms with van der Waals surface area (Å²) >= 11 is 0. The van der Waals surface area contributed by atoms with Gasteiger partial charge in [-0.15, -0.1) is 0 Å². The molecule has 308 valence electrons. The highest BCUT2D eigenvalue weighted by atomic mass is 31.2. The lowest BCUT2D eigenvalue weighted by atomic mass is 10.1. The quantitative estimate of drug-likeness (QED) is 0.0219. The van der Waals surface area contributed by atoms with Crippen LogP contribution < -0.4 is 0 Å². The van der Waals surface area contributed by atoms with Crippen molar-refractivity contribution in [3.8, 4) is 0 Å². The molecule has 9 heteroatoms. The van der Waals surface area contributed by atoms with Gasteiger partial charge in [-0.3, -0.25) is 13.8 Å². The number of phosphoric acid groups is 1. The van der Waals surface area contributed by atoms with Crippen LogP contribution in [0.25, 0.3) is 0 Å². The van der Waals surface area contributed by atoms with Crippen LogP contribution in [0.3, 0.4) is 0 Å². The van der Waals surface area contributed by atoms with Gasteiger partial charge >= 0.3 is 13.8 Å². The maximum Gasteiger partial charge on any atom is 0.472 e. The van der Waals surface area contributed by atoms with Crippen LogP contribution in [0.4, 0.5) is 0 Å². The molecule has 0 aliphatic heterocycles. The van der Waals surface area contributed by atoms with Crippen molar-refractivity contribution in [1.29, 1.82) is 0 Å². The number of unbranched alkanes of at least 4 members (excludes halogenated alkanes) is 22. The minimum absolute atomic E-state index is 0.0896. The van der Waals surface area contributed by atoms with Gasteiger partial charge in [0.05, 0.1) is 34.4 Å². The predicted octanol–water partition coefficient (Wildman–Crippen LogP) is 12.4. The van der Waals surface area contributed by atoms with Gasteiger partial charge in [-0.25, -0.2) is 4.57 Å². The number of rotatable bonds is 40. The van der Waals surface area contributed by atoms with E-state index in [-0.39, 0.29) is 25.8 Å². The Balaban J connectivity index is 4.07. The Bertz CT molecular complexity index is 889. The summed E-state index contributed by atoms with van der Waals surface area (Å²) in [4.78, 5) is 22.7. The summed E-state index contributed by atoms with van der Waals surface area (Å²) in [6.07, 6.45) is 40.8. The molecule has 0 aromatic heterocycles. The van der Waals surface area contributed by atoms with Crippen molar-refractivity contribution in [2.24, 2.45) is 0 Å². The zero-order chi connectivity index (χ0) is 38.4. The maximum absolute atomic E-state index is 12.6. The lowest BCUT2D eigenvalue weighted by Gasteiger charge is -2.24. The van der Waals surface area contributed by atoms with E-state index in [2.05, 4.69) is 38.2 Å². The van der Waals surface area contributed by atoms with Crippen LogP contribution in [0.1, 0.15) is 187 Å². The zero-order valence-corrected chi connectivity index (χ0v) is 35.7. The number of ether oxygens (including phenoxy) is 2. The van der Waals surface area contributed by atoms with E-state index >= 15 is 0 Å². The fraction of sp³-hybridized carbons (Fsp3) is 0.884. The monoisotopic (exact) mass is 759 g/mol. The van der Waals surface area contributed by atoms with E-state index in [1.54, 1.807) is 0 Å². The average molecular weight is 759 g/mol. The van der Waals surface area contributed by atoms with Crippen LogP contribution in [0.15, 0.2) is 24.3 Å². The molecule has 0 heterocycles. The summed E-state index contributed by atoms with van der Waals surface area (Å²) < 4.78 is 34.9. The number of likely N-dealkylation sites (N-methyl/N-ethyl adjacent to an activating group) is 1. The van der Waals surface area contributed by atoms with E-state index in [4.69, 9.17) is 18.5 Å². The van der Waals surface area contributed by atoms with Gasteiger partial charge < -0.3 is 18.9 Å². The molecule has 0 aliphatic rings. The predicted molar refractivity (Wildman–Crippen MR) is 220 cm³/mol. The number of quaternary nitrogens is 1. The summed E-state index contributed by atoms with van der Waals surface area (Å²) in [5.74, 6) is -0.319. The number of carbonyl (C=O) groups is 1. The first-order valence-electron chi connectivity index (χ1n) is 21.6. The summed E-state index contributed by atoms with van der Waals surface area (Å²) in [5, 5.41) is 0. The first-order chi connectivity index (χ1) is 25.1. The van der Waals surface area contributed by atoms with Gasteiger partial charge in [0.1, 0.15) is 19.3 Å². The molecule has 2 atom stereocenters. The van der Waals surface area contributed by atoms with Crippen LogP contribution in [0.5, 0.6) is 0 Å². The van der Waals surface area contributed by atoms with E-state index in [1.165, 1.54) is 128 Å². The van der Waals surface area contributed by atoms with Gasteiger partial charge in [0.15, 0.2) is 0 Å². The number of hydrogen-bond acceptors (Lipinski definition) is 6. The van der Waals surface area contributed by atoms with Crippen molar-refractivity contribution in [3.63, 3.8) is 0 Å². The number of carbonyl (C=O) groups excluding carboxylic acids is 1. The number of hydrogen-bond donors (Lipinski definition) is 1. The molecule has 0 aromatic carbocycles. The van der Waals surface area contributed by atoms with Gasteiger partial charge in [0.2, 0.25) is 0 Å². The van der Waals surface area contributed by atoms with Crippen LogP contribution >= 0.6 is 7.82 Å². The molecule has 0 aliphatic carbocycles. The summed E-state index contributed by atoms with van der Waals surface area (Å²) in [5.41, 5.74) is 0. The SMILES string of the molecule is CCCCCCC/C=C\C/C=C\CCCCCCCCCCCCOCC(COP(=O)(O)OCC[N+](C)(C)C)OC(=O)CCCCCCCCCC. The van der Waals surface area contributed by atoms with Crippen LogP contribution in [0, 0.1) is 0 Å². The molecular weight excluding hydrogens is 673 g/mol. The van der Waals surface area contributed by atoms with Gasteiger partial charge in [-0.2, -0.15) is 0 Å². The zero-order valence-electron chi connectivity index (χ0n) is 34.8. The van der Waals surface area contributed by atoms with Crippen molar-refractivity contribution >= 4 is 13.8 Å². The van der Waals surface area contributed by atoms with Gasteiger partial charge in [0, 0.05) is 13.0 Å². The smallest absolute Gasteiger partial charge is 0.457 e. The summed E-state index contributed by atoms with van der Waals surface area (Å²) in [7, 11) is 1.67. The van der Waals surface area contributed by atoms with Crippen molar-refractivity contribution < 1.29 is 37.3 Å². The van der Waals surface area contributed by atoms with Gasteiger partial charge in [0.25, 0.3) is 0 Å². The molecule has 1 N–H and O–H groups in total. The lowest BCUT2D eigenvalue weighted by molar-refractivity contribution is -0.870. The fourth-order valence-corrected chi connectivity index (χ4v) is 6.62. The second kappa shape index (κ2) is 36.9. The van der Waals surface area contributed by atoms with E-state index < -0.39 is 13.9 Å². The third-order valence-corrected chi connectivity index (χ3v) is 10.2. The highest BCUT2D eigenvalue weighted by molar-refractivity contribution is 7.47. The molecule has 8 nitrogen and oxygen atoms in total. The number of nitrogens with zero attached hydrogens (tertiary/aromatic N) is 1. The van der Waals surface area contributed by atoms with Gasteiger partial charge in [-0.1, -0.05) is 160 Å². The van der Waals surface area contributed by atoms with Crippen LogP contribution in [-0.4, -0.2) is 75.6 Å². The Morgan fingerprint density at radius 3 is 1.56 bits per heavy atom. The van der Waals surface area contributed by atoms with Crippen LogP contribution in [0.2, 0.25) is 0 Å². The number of phosphoric ester groups is 1. The molecule has 0 amide bonds. The minimum atomic E-state index is -4.26. The molecule has 0 spiro atoms. The molecule has 0 rings (SSSR count). The standard InChI is InChI=1S/C43H84NO7P/c1-6-8-10-12-14-16-17-18-19-20-21-22-23-24-25-26-27-28-29-31-33-35-38-48-40-42(41-50-52(46,47)49-39-37-44(3,4)5)51-43(45)36-34-32-30-15-13-11-9-7-2/h17-18,20-21,42H,6-16,19,22-41H2,1-5H3/p+1/b18-17-,21-20-. The van der Waals surface area contributed by atoms with E-state index in [0.29, 0.717) is 24.1 Å². The Morgan fingerprint density at radius 2 is 1.06 bits per heavy atom. The highest BCUT2D eigenvalue weighted by Crippen LogP contribution is 2.43. The first kappa shape index (κ1) is 51.0. The number of esters is 1.